The van der Waals surface area contributed by atoms with Gasteiger partial charge < -0.3 is 39.5 Å². The lowest BCUT2D eigenvalue weighted by atomic mass is 9.83. The van der Waals surface area contributed by atoms with Crippen LogP contribution in [0.3, 0.4) is 0 Å². The summed E-state index contributed by atoms with van der Waals surface area (Å²) in [5.74, 6) is -4.70. The molecule has 15 heteroatoms. The molecule has 4 saturated heterocycles. The number of rotatable bonds is 13. The molecule has 4 amide bonds. The monoisotopic (exact) mass is 761 g/mol. The Labute approximate surface area is 320 Å². The molecule has 1 aromatic heterocycles. The van der Waals surface area contributed by atoms with Gasteiger partial charge in [-0.15, -0.1) is 0 Å². The van der Waals surface area contributed by atoms with Gasteiger partial charge >= 0.3 is 0 Å². The zero-order valence-corrected chi connectivity index (χ0v) is 31.9. The van der Waals surface area contributed by atoms with Crippen molar-refractivity contribution in [1.82, 2.24) is 25.8 Å². The molecular weight excluding hydrogens is 710 g/mol. The molecule has 7 rings (SSSR count). The Morgan fingerprint density at radius 2 is 1.75 bits per heavy atom. The Hall–Kier alpha value is -4.47. The molecule has 3 N–H and O–H groups in total. The number of aromatic nitrogens is 1. The highest BCUT2D eigenvalue weighted by Gasteiger charge is 2.58. The van der Waals surface area contributed by atoms with Crippen molar-refractivity contribution in [3.63, 3.8) is 0 Å². The highest BCUT2D eigenvalue weighted by Crippen LogP contribution is 2.51. The van der Waals surface area contributed by atoms with Crippen molar-refractivity contribution in [3.05, 3.63) is 42.4 Å². The molecular formula is C40H51N5O10. The first-order valence-electron chi connectivity index (χ1n) is 19.4. The van der Waals surface area contributed by atoms with Crippen molar-refractivity contribution in [2.75, 3.05) is 26.3 Å². The van der Waals surface area contributed by atoms with E-state index in [1.807, 2.05) is 40.7 Å². The molecule has 0 radical (unpaired) electrons. The standard InChI is InChI=1S/C40H51N5O10/c1-20(2)54-24-15-28(45(17-24)38(51)33(40(3,4)5)44-36(50)30-23-13-25-26(30)19-53-39(25)52-18-23)35(49)43-27(14-22-11-12-41-34(22)48)31(46)32(47)37-42-16-29(55-37)21-9-7-6-8-10-21/h6-10,16,20,22-28,30,33,39H,11-15,17-19H2,1-5H3,(H,41,48)(H,43,49)(H,44,50)/t22?,23?,24-,25?,26-,27?,28?,30?,33-,39?/m1/s1. The van der Waals surface area contributed by atoms with E-state index in [1.165, 1.54) is 11.1 Å². The first-order valence-corrected chi connectivity index (χ1v) is 19.4. The Morgan fingerprint density at radius 3 is 2.44 bits per heavy atom. The fraction of sp³-hybridized carbons (Fsp3) is 0.625. The summed E-state index contributed by atoms with van der Waals surface area (Å²) in [4.78, 5) is 88.6. The molecule has 1 aromatic carbocycles. The molecule has 5 aliphatic rings. The largest absolute Gasteiger partial charge is 0.433 e. The Balaban J connectivity index is 1.12. The SMILES string of the molecule is CC(C)O[C@@H]1CC(C(=O)NC(CC2CCNC2=O)C(=O)C(=O)c2ncc(-c3ccccc3)o2)N(C(=O)[C@@H](NC(=O)C2C3COC4OC[C@@H]2C4C3)C(C)(C)C)C1. The molecule has 0 spiro atoms. The number of amides is 4. The number of likely N-dealkylation sites (tertiary alicyclic amines) is 1. The van der Waals surface area contributed by atoms with Gasteiger partial charge in [-0.05, 0) is 44.4 Å². The summed E-state index contributed by atoms with van der Waals surface area (Å²) in [6.45, 7) is 10.6. The zero-order valence-electron chi connectivity index (χ0n) is 31.9. The van der Waals surface area contributed by atoms with Gasteiger partial charge in [-0.1, -0.05) is 51.1 Å². The first kappa shape index (κ1) is 38.8. The van der Waals surface area contributed by atoms with Gasteiger partial charge in [0.2, 0.25) is 29.4 Å². The molecule has 5 heterocycles. The molecule has 2 aromatic rings. The van der Waals surface area contributed by atoms with Crippen LogP contribution in [0.25, 0.3) is 11.3 Å². The van der Waals surface area contributed by atoms with E-state index in [0.29, 0.717) is 31.7 Å². The molecule has 1 saturated carbocycles. The number of nitrogens with zero attached hydrogens (tertiary/aromatic N) is 2. The van der Waals surface area contributed by atoms with Crippen molar-refractivity contribution >= 4 is 35.2 Å². The van der Waals surface area contributed by atoms with Gasteiger partial charge in [0.1, 0.15) is 12.1 Å². The maximum atomic E-state index is 14.7. The minimum absolute atomic E-state index is 0.00258. The van der Waals surface area contributed by atoms with E-state index in [1.54, 1.807) is 24.3 Å². The van der Waals surface area contributed by atoms with Crippen LogP contribution in [0, 0.1) is 35.0 Å². The fourth-order valence-electron chi connectivity index (χ4n) is 8.99. The first-order chi connectivity index (χ1) is 26.2. The number of hydrogen-bond donors (Lipinski definition) is 3. The number of carbonyl (C=O) groups is 6. The lowest BCUT2D eigenvalue weighted by molar-refractivity contribution is -0.168. The highest BCUT2D eigenvalue weighted by molar-refractivity contribution is 6.44. The third kappa shape index (κ3) is 7.96. The van der Waals surface area contributed by atoms with Crippen molar-refractivity contribution in [2.24, 2.45) is 35.0 Å². The number of hydrogen-bond acceptors (Lipinski definition) is 11. The number of nitrogens with one attached hydrogen (secondary N) is 3. The minimum Gasteiger partial charge on any atom is -0.433 e. The van der Waals surface area contributed by atoms with Crippen LogP contribution in [-0.2, 0) is 38.2 Å². The quantitative estimate of drug-likeness (QED) is 0.200. The van der Waals surface area contributed by atoms with Crippen LogP contribution in [0.4, 0.5) is 0 Å². The second-order valence-corrected chi connectivity index (χ2v) is 16.9. The Morgan fingerprint density at radius 1 is 1.00 bits per heavy atom. The van der Waals surface area contributed by atoms with Gasteiger partial charge in [0.05, 0.1) is 37.7 Å². The van der Waals surface area contributed by atoms with Gasteiger partial charge in [0.25, 0.3) is 11.7 Å². The van der Waals surface area contributed by atoms with Crippen LogP contribution in [-0.4, -0.2) is 108 Å². The fourth-order valence-corrected chi connectivity index (χ4v) is 8.99. The number of Topliss-reactive ketones (excluding diaryl/α,β-unsaturated/α-hetero) is 2. The van der Waals surface area contributed by atoms with E-state index in [0.717, 1.165) is 6.42 Å². The van der Waals surface area contributed by atoms with E-state index < -0.39 is 64.8 Å². The van der Waals surface area contributed by atoms with Crippen molar-refractivity contribution in [2.45, 2.75) is 96.9 Å². The summed E-state index contributed by atoms with van der Waals surface area (Å²) >= 11 is 0. The van der Waals surface area contributed by atoms with Crippen molar-refractivity contribution in [3.8, 4) is 11.3 Å². The van der Waals surface area contributed by atoms with Crippen LogP contribution in [0.15, 0.2) is 40.9 Å². The Kier molecular flexibility index (Phi) is 11.0. The predicted octanol–water partition coefficient (Wildman–Crippen LogP) is 2.28. The number of ether oxygens (including phenoxy) is 3. The number of oxazole rings is 1. The summed E-state index contributed by atoms with van der Waals surface area (Å²) in [7, 11) is 0. The third-order valence-corrected chi connectivity index (χ3v) is 11.7. The molecule has 7 unspecified atom stereocenters. The van der Waals surface area contributed by atoms with E-state index in [2.05, 4.69) is 20.9 Å². The molecule has 296 valence electrons. The summed E-state index contributed by atoms with van der Waals surface area (Å²) in [5.41, 5.74) is -0.0944. The van der Waals surface area contributed by atoms with Crippen LogP contribution in [0.1, 0.15) is 71.0 Å². The molecule has 5 fully saturated rings. The smallest absolute Gasteiger partial charge is 0.285 e. The maximum Gasteiger partial charge on any atom is 0.285 e. The van der Waals surface area contributed by atoms with Crippen LogP contribution < -0.4 is 16.0 Å². The van der Waals surface area contributed by atoms with Crippen LogP contribution in [0.5, 0.6) is 0 Å². The lowest BCUT2D eigenvalue weighted by Crippen LogP contribution is -2.60. The van der Waals surface area contributed by atoms with Gasteiger partial charge in [-0.25, -0.2) is 4.98 Å². The zero-order chi connectivity index (χ0) is 39.2. The molecule has 4 aliphatic heterocycles. The summed E-state index contributed by atoms with van der Waals surface area (Å²) in [5, 5.41) is 8.55. The minimum atomic E-state index is -1.41. The number of carbonyl (C=O) groups excluding carboxylic acids is 6. The molecule has 1 aliphatic carbocycles. The molecule has 2 bridgehead atoms. The molecule has 55 heavy (non-hydrogen) atoms. The van der Waals surface area contributed by atoms with E-state index >= 15 is 0 Å². The van der Waals surface area contributed by atoms with E-state index in [4.69, 9.17) is 18.6 Å². The summed E-state index contributed by atoms with van der Waals surface area (Å²) in [6, 6.07) is 5.44. The highest BCUT2D eigenvalue weighted by atomic mass is 16.7. The second kappa shape index (κ2) is 15.6. The van der Waals surface area contributed by atoms with E-state index in [9.17, 15) is 28.8 Å². The van der Waals surface area contributed by atoms with Gasteiger partial charge in [-0.2, -0.15) is 0 Å². The normalized spacial score (nSPS) is 29.6. The van der Waals surface area contributed by atoms with Gasteiger partial charge in [0.15, 0.2) is 12.1 Å². The average Bonchev–Trinajstić information content (AvgIpc) is 3.98. The topological polar surface area (TPSA) is 195 Å². The number of fused-ring (bicyclic) bond motifs is 1. The van der Waals surface area contributed by atoms with Crippen LogP contribution >= 0.6 is 0 Å². The second-order valence-electron chi connectivity index (χ2n) is 16.9. The van der Waals surface area contributed by atoms with Gasteiger partial charge in [-0.3, -0.25) is 28.8 Å². The number of benzene rings is 1. The third-order valence-electron chi connectivity index (χ3n) is 11.7. The maximum absolute atomic E-state index is 14.7. The predicted molar refractivity (Wildman–Crippen MR) is 195 cm³/mol. The van der Waals surface area contributed by atoms with E-state index in [-0.39, 0.29) is 73.0 Å². The number of ketones is 2. The van der Waals surface area contributed by atoms with Gasteiger partial charge in [0, 0.05) is 48.7 Å². The van der Waals surface area contributed by atoms with Crippen LogP contribution in [0.2, 0.25) is 0 Å². The summed E-state index contributed by atoms with van der Waals surface area (Å²) < 4.78 is 23.5. The van der Waals surface area contributed by atoms with Crippen molar-refractivity contribution in [1.29, 1.82) is 0 Å². The molecule has 15 nitrogen and oxygen atoms in total. The van der Waals surface area contributed by atoms with Crippen molar-refractivity contribution < 1.29 is 47.4 Å². The summed E-state index contributed by atoms with van der Waals surface area (Å²) in [6.07, 6.45) is 1.55. The lowest BCUT2D eigenvalue weighted by Gasteiger charge is -2.37. The molecule has 10 atom stereocenters. The Bertz CT molecular complexity index is 1810. The average molecular weight is 762 g/mol.